The summed E-state index contributed by atoms with van der Waals surface area (Å²) in [6, 6.07) is 8.39. The molecular formula is C21H16ClF3N6O. The number of aromatic nitrogens is 4. The standard InChI is InChI=1S/C21H16ClF3N6O/c1-10(32)9-28-20-17(14-5-6-27-16-7-12(22)3-4-13(14)16)11(2)29-19-15(8-26)18(21(23,24)25)30-31(19)20/h3-7,10,28,32H,9H2,1-2H3/t10-/m1/s1. The number of hydrogen-bond donors (Lipinski definition) is 2. The lowest BCUT2D eigenvalue weighted by Crippen LogP contribution is -2.19. The Balaban J connectivity index is 2.11. The summed E-state index contributed by atoms with van der Waals surface area (Å²) in [6.45, 7) is 3.20. The van der Waals surface area contributed by atoms with Crippen molar-refractivity contribution in [1.29, 1.82) is 5.26 Å². The smallest absolute Gasteiger partial charge is 0.392 e. The molecule has 1 atom stereocenters. The first-order valence-electron chi connectivity index (χ1n) is 9.49. The van der Waals surface area contributed by atoms with E-state index in [0.29, 0.717) is 32.7 Å². The van der Waals surface area contributed by atoms with E-state index in [1.54, 1.807) is 43.5 Å². The number of benzene rings is 1. The molecule has 3 aromatic heterocycles. The topological polar surface area (TPSA) is 99.1 Å². The highest BCUT2D eigenvalue weighted by Gasteiger charge is 2.39. The van der Waals surface area contributed by atoms with Crippen LogP contribution < -0.4 is 5.32 Å². The molecule has 0 aliphatic rings. The summed E-state index contributed by atoms with van der Waals surface area (Å²) in [7, 11) is 0. The maximum atomic E-state index is 13.6. The molecule has 32 heavy (non-hydrogen) atoms. The molecule has 0 saturated carbocycles. The third-order valence-electron chi connectivity index (χ3n) is 4.86. The van der Waals surface area contributed by atoms with Crippen molar-refractivity contribution in [3.63, 3.8) is 0 Å². The number of rotatable bonds is 4. The quantitative estimate of drug-likeness (QED) is 0.462. The van der Waals surface area contributed by atoms with Gasteiger partial charge in [0.1, 0.15) is 17.5 Å². The molecule has 0 unspecified atom stereocenters. The second kappa shape index (κ2) is 7.93. The van der Waals surface area contributed by atoms with Gasteiger partial charge in [0, 0.05) is 28.7 Å². The number of nitrogens with zero attached hydrogens (tertiary/aromatic N) is 5. The molecule has 0 spiro atoms. The number of aryl methyl sites for hydroxylation is 1. The van der Waals surface area contributed by atoms with Gasteiger partial charge in [0.25, 0.3) is 0 Å². The lowest BCUT2D eigenvalue weighted by atomic mass is 10.00. The molecule has 3 heterocycles. The van der Waals surface area contributed by atoms with E-state index in [1.807, 2.05) is 0 Å². The van der Waals surface area contributed by atoms with Crippen LogP contribution >= 0.6 is 11.6 Å². The zero-order valence-electron chi connectivity index (χ0n) is 16.9. The Morgan fingerprint density at radius 3 is 2.72 bits per heavy atom. The van der Waals surface area contributed by atoms with E-state index in [1.165, 1.54) is 6.92 Å². The van der Waals surface area contributed by atoms with Crippen LogP contribution in [0.4, 0.5) is 19.0 Å². The van der Waals surface area contributed by atoms with Gasteiger partial charge in [-0.3, -0.25) is 4.98 Å². The zero-order chi connectivity index (χ0) is 23.2. The summed E-state index contributed by atoms with van der Waals surface area (Å²) in [6.07, 6.45) is -4.08. The molecule has 7 nitrogen and oxygen atoms in total. The van der Waals surface area contributed by atoms with Crippen molar-refractivity contribution in [2.45, 2.75) is 26.1 Å². The fourth-order valence-electron chi connectivity index (χ4n) is 3.53. The van der Waals surface area contributed by atoms with Crippen LogP contribution in [0, 0.1) is 18.3 Å². The van der Waals surface area contributed by atoms with Gasteiger partial charge < -0.3 is 10.4 Å². The van der Waals surface area contributed by atoms with Crippen LogP contribution in [0.3, 0.4) is 0 Å². The minimum atomic E-state index is -4.84. The predicted octanol–water partition coefficient (Wildman–Crippen LogP) is 4.59. The molecule has 1 aromatic carbocycles. The minimum absolute atomic E-state index is 0.0312. The van der Waals surface area contributed by atoms with Crippen molar-refractivity contribution in [2.24, 2.45) is 0 Å². The summed E-state index contributed by atoms with van der Waals surface area (Å²) >= 11 is 6.08. The molecule has 0 aliphatic carbocycles. The van der Waals surface area contributed by atoms with Gasteiger partial charge in [-0.05, 0) is 37.6 Å². The predicted molar refractivity (Wildman–Crippen MR) is 113 cm³/mol. The van der Waals surface area contributed by atoms with Crippen LogP contribution in [-0.2, 0) is 6.18 Å². The monoisotopic (exact) mass is 460 g/mol. The average molecular weight is 461 g/mol. The molecule has 4 rings (SSSR count). The Kier molecular flexibility index (Phi) is 5.40. The number of nitriles is 1. The Bertz CT molecular complexity index is 1390. The summed E-state index contributed by atoms with van der Waals surface area (Å²) in [4.78, 5) is 8.61. The van der Waals surface area contributed by atoms with Gasteiger partial charge in [-0.15, -0.1) is 0 Å². The van der Waals surface area contributed by atoms with E-state index in [4.69, 9.17) is 11.6 Å². The highest BCUT2D eigenvalue weighted by Crippen LogP contribution is 2.39. The maximum Gasteiger partial charge on any atom is 0.436 e. The number of hydrogen-bond acceptors (Lipinski definition) is 6. The fraction of sp³-hybridized carbons (Fsp3) is 0.238. The van der Waals surface area contributed by atoms with Crippen molar-refractivity contribution in [1.82, 2.24) is 19.6 Å². The molecule has 0 amide bonds. The number of pyridine rings is 1. The second-order valence-corrected chi connectivity index (χ2v) is 7.68. The Morgan fingerprint density at radius 2 is 2.06 bits per heavy atom. The summed E-state index contributed by atoms with van der Waals surface area (Å²) in [5.41, 5.74) is -0.157. The first-order chi connectivity index (χ1) is 15.1. The van der Waals surface area contributed by atoms with Crippen molar-refractivity contribution < 1.29 is 18.3 Å². The van der Waals surface area contributed by atoms with E-state index >= 15 is 0 Å². The van der Waals surface area contributed by atoms with Crippen LogP contribution in [0.25, 0.3) is 27.7 Å². The molecule has 0 fully saturated rings. The molecule has 0 saturated heterocycles. The first kappa shape index (κ1) is 21.8. The van der Waals surface area contributed by atoms with Gasteiger partial charge in [0.2, 0.25) is 0 Å². The number of fused-ring (bicyclic) bond motifs is 2. The van der Waals surface area contributed by atoms with Gasteiger partial charge >= 0.3 is 6.18 Å². The number of halogens is 4. The van der Waals surface area contributed by atoms with Crippen LogP contribution in [0.5, 0.6) is 0 Å². The van der Waals surface area contributed by atoms with E-state index in [9.17, 15) is 23.5 Å². The zero-order valence-corrected chi connectivity index (χ0v) is 17.6. The van der Waals surface area contributed by atoms with E-state index in [0.717, 1.165) is 4.52 Å². The van der Waals surface area contributed by atoms with Crippen LogP contribution in [0.15, 0.2) is 30.5 Å². The Morgan fingerprint density at radius 1 is 1.31 bits per heavy atom. The third kappa shape index (κ3) is 3.70. The van der Waals surface area contributed by atoms with Gasteiger partial charge in [0.15, 0.2) is 11.3 Å². The number of aliphatic hydroxyl groups is 1. The number of aliphatic hydroxyl groups excluding tert-OH is 1. The van der Waals surface area contributed by atoms with E-state index in [-0.39, 0.29) is 18.0 Å². The number of alkyl halides is 3. The SMILES string of the molecule is Cc1nc2c(C#N)c(C(F)(F)F)nn2c(NC[C@@H](C)O)c1-c1ccnc2cc(Cl)ccc12. The number of anilines is 1. The molecule has 164 valence electrons. The summed E-state index contributed by atoms with van der Waals surface area (Å²) in [5, 5.41) is 27.0. The highest BCUT2D eigenvalue weighted by atomic mass is 35.5. The van der Waals surface area contributed by atoms with E-state index in [2.05, 4.69) is 20.4 Å². The molecule has 0 aliphatic heterocycles. The molecular weight excluding hydrogens is 445 g/mol. The second-order valence-electron chi connectivity index (χ2n) is 7.24. The van der Waals surface area contributed by atoms with Crippen LogP contribution in [0.2, 0.25) is 5.02 Å². The fourth-order valence-corrected chi connectivity index (χ4v) is 3.70. The van der Waals surface area contributed by atoms with Gasteiger partial charge in [-0.1, -0.05) is 17.7 Å². The summed E-state index contributed by atoms with van der Waals surface area (Å²) < 4.78 is 41.6. The summed E-state index contributed by atoms with van der Waals surface area (Å²) in [5.74, 6) is 0.169. The minimum Gasteiger partial charge on any atom is -0.392 e. The largest absolute Gasteiger partial charge is 0.436 e. The van der Waals surface area contributed by atoms with Crippen molar-refractivity contribution in [3.8, 4) is 17.2 Å². The molecule has 0 bridgehead atoms. The Labute approximate surface area is 185 Å². The van der Waals surface area contributed by atoms with Gasteiger partial charge in [0.05, 0.1) is 17.3 Å². The maximum absolute atomic E-state index is 13.6. The molecule has 0 radical (unpaired) electrons. The lowest BCUT2D eigenvalue weighted by Gasteiger charge is -2.18. The van der Waals surface area contributed by atoms with Crippen LogP contribution in [0.1, 0.15) is 23.9 Å². The molecule has 2 N–H and O–H groups in total. The number of nitrogens with one attached hydrogen (secondary N) is 1. The molecule has 4 aromatic rings. The molecule has 11 heteroatoms. The van der Waals surface area contributed by atoms with Gasteiger partial charge in [-0.2, -0.15) is 28.0 Å². The van der Waals surface area contributed by atoms with Crippen molar-refractivity contribution in [3.05, 3.63) is 52.4 Å². The normalized spacial score (nSPS) is 12.8. The van der Waals surface area contributed by atoms with E-state index < -0.39 is 23.5 Å². The highest BCUT2D eigenvalue weighted by molar-refractivity contribution is 6.31. The Hall–Kier alpha value is -3.42. The average Bonchev–Trinajstić information content (AvgIpc) is 3.09. The third-order valence-corrected chi connectivity index (χ3v) is 5.10. The van der Waals surface area contributed by atoms with Crippen molar-refractivity contribution in [2.75, 3.05) is 11.9 Å². The first-order valence-corrected chi connectivity index (χ1v) is 9.86. The lowest BCUT2D eigenvalue weighted by molar-refractivity contribution is -0.141. The van der Waals surface area contributed by atoms with Crippen molar-refractivity contribution >= 4 is 34.0 Å². The van der Waals surface area contributed by atoms with Crippen LogP contribution in [-0.4, -0.2) is 37.3 Å². The van der Waals surface area contributed by atoms with Gasteiger partial charge in [-0.25, -0.2) is 4.98 Å².